The molecule has 0 atom stereocenters. The second-order valence-electron chi connectivity index (χ2n) is 5.02. The summed E-state index contributed by atoms with van der Waals surface area (Å²) in [5.74, 6) is 1.44. The Morgan fingerprint density at radius 3 is 2.60 bits per heavy atom. The number of hydrogen-bond donors (Lipinski definition) is 2. The number of aromatic nitrogens is 1. The van der Waals surface area contributed by atoms with Gasteiger partial charge in [-0.05, 0) is 36.1 Å². The summed E-state index contributed by atoms with van der Waals surface area (Å²) in [5.41, 5.74) is 8.16. The average molecular weight is 269 g/mol. The molecule has 0 aliphatic rings. The second-order valence-corrected chi connectivity index (χ2v) is 5.02. The van der Waals surface area contributed by atoms with Crippen molar-refractivity contribution >= 4 is 5.84 Å². The molecule has 20 heavy (non-hydrogen) atoms. The molecule has 0 fully saturated rings. The van der Waals surface area contributed by atoms with E-state index in [-0.39, 0.29) is 5.84 Å². The molecule has 1 aromatic heterocycles. The number of benzene rings is 1. The van der Waals surface area contributed by atoms with Gasteiger partial charge < -0.3 is 10.5 Å². The summed E-state index contributed by atoms with van der Waals surface area (Å²) in [4.78, 5) is 4.21. The zero-order valence-electron chi connectivity index (χ0n) is 12.0. The van der Waals surface area contributed by atoms with Crippen LogP contribution in [0.3, 0.4) is 0 Å². The number of ether oxygens (including phenoxy) is 1. The lowest BCUT2D eigenvalue weighted by Crippen LogP contribution is -2.15. The first kappa shape index (κ1) is 14.1. The average Bonchev–Trinajstić information content (AvgIpc) is 2.38. The van der Waals surface area contributed by atoms with Crippen molar-refractivity contribution in [2.75, 3.05) is 0 Å². The molecular weight excluding hydrogens is 250 g/mol. The van der Waals surface area contributed by atoms with Gasteiger partial charge in [0.05, 0.1) is 5.56 Å². The van der Waals surface area contributed by atoms with E-state index in [2.05, 4.69) is 18.8 Å². The van der Waals surface area contributed by atoms with Crippen molar-refractivity contribution in [2.24, 2.45) is 5.73 Å². The molecule has 0 aliphatic heterocycles. The van der Waals surface area contributed by atoms with Crippen LogP contribution in [0.5, 0.6) is 11.6 Å². The Hall–Kier alpha value is -2.36. The zero-order valence-corrected chi connectivity index (χ0v) is 12.0. The summed E-state index contributed by atoms with van der Waals surface area (Å²) in [7, 11) is 0. The van der Waals surface area contributed by atoms with Gasteiger partial charge in [0, 0.05) is 6.20 Å². The van der Waals surface area contributed by atoms with Crippen LogP contribution in [0.4, 0.5) is 0 Å². The van der Waals surface area contributed by atoms with Crippen LogP contribution in [0.1, 0.15) is 36.5 Å². The molecule has 0 bridgehead atoms. The number of amidine groups is 1. The summed E-state index contributed by atoms with van der Waals surface area (Å²) in [6.07, 6.45) is 1.66. The van der Waals surface area contributed by atoms with Crippen molar-refractivity contribution in [3.63, 3.8) is 0 Å². The highest BCUT2D eigenvalue weighted by Crippen LogP contribution is 2.31. The van der Waals surface area contributed by atoms with Gasteiger partial charge >= 0.3 is 0 Å². The summed E-state index contributed by atoms with van der Waals surface area (Å²) >= 11 is 0. The molecule has 0 saturated carbocycles. The molecule has 0 aliphatic carbocycles. The minimum atomic E-state index is -0.0346. The minimum Gasteiger partial charge on any atom is -0.438 e. The molecule has 104 valence electrons. The Kier molecular flexibility index (Phi) is 4.03. The molecule has 0 radical (unpaired) electrons. The maximum atomic E-state index is 7.68. The molecular formula is C16H19N3O. The van der Waals surface area contributed by atoms with Crippen molar-refractivity contribution in [1.82, 2.24) is 4.98 Å². The van der Waals surface area contributed by atoms with Gasteiger partial charge in [-0.15, -0.1) is 0 Å². The fourth-order valence-electron chi connectivity index (χ4n) is 2.09. The van der Waals surface area contributed by atoms with E-state index < -0.39 is 0 Å². The van der Waals surface area contributed by atoms with E-state index in [1.165, 1.54) is 0 Å². The van der Waals surface area contributed by atoms with E-state index in [9.17, 15) is 0 Å². The third-order valence-electron chi connectivity index (χ3n) is 3.14. The topological polar surface area (TPSA) is 72.0 Å². The largest absolute Gasteiger partial charge is 0.438 e. The Labute approximate surface area is 119 Å². The molecule has 0 saturated heterocycles. The number of nitrogens with zero attached hydrogens (tertiary/aromatic N) is 1. The monoisotopic (exact) mass is 269 g/mol. The van der Waals surface area contributed by atoms with E-state index in [1.807, 2.05) is 37.3 Å². The number of nitrogens with one attached hydrogen (secondary N) is 1. The summed E-state index contributed by atoms with van der Waals surface area (Å²) in [6.45, 7) is 6.11. The third-order valence-corrected chi connectivity index (χ3v) is 3.14. The van der Waals surface area contributed by atoms with Crippen molar-refractivity contribution in [3.8, 4) is 11.6 Å². The lowest BCUT2D eigenvalue weighted by atomic mass is 10.0. The van der Waals surface area contributed by atoms with Gasteiger partial charge in [0.25, 0.3) is 0 Å². The lowest BCUT2D eigenvalue weighted by Gasteiger charge is -2.15. The van der Waals surface area contributed by atoms with Gasteiger partial charge in [0.15, 0.2) is 0 Å². The lowest BCUT2D eigenvalue weighted by molar-refractivity contribution is 0.453. The fourth-order valence-corrected chi connectivity index (χ4v) is 2.09. The number of nitrogen functional groups attached to an aromatic ring is 1. The number of nitrogens with two attached hydrogens (primary N) is 1. The van der Waals surface area contributed by atoms with Gasteiger partial charge in [-0.3, -0.25) is 5.41 Å². The van der Waals surface area contributed by atoms with Crippen LogP contribution < -0.4 is 10.5 Å². The molecule has 0 spiro atoms. The molecule has 4 heteroatoms. The minimum absolute atomic E-state index is 0.0346. The predicted molar refractivity (Wildman–Crippen MR) is 80.6 cm³/mol. The van der Waals surface area contributed by atoms with Crippen LogP contribution in [0.25, 0.3) is 0 Å². The smallest absolute Gasteiger partial charge is 0.230 e. The Balaban J connectivity index is 2.46. The first-order valence-corrected chi connectivity index (χ1v) is 6.57. The number of aryl methyl sites for hydroxylation is 1. The summed E-state index contributed by atoms with van der Waals surface area (Å²) < 4.78 is 5.91. The van der Waals surface area contributed by atoms with Crippen LogP contribution in [-0.4, -0.2) is 10.8 Å². The SMILES string of the molecule is Cc1ccnc(Oc2ccccc2C(C)C)c1C(=N)N. The van der Waals surface area contributed by atoms with Gasteiger partial charge in [0.1, 0.15) is 11.6 Å². The molecule has 2 aromatic rings. The van der Waals surface area contributed by atoms with Crippen molar-refractivity contribution in [3.05, 3.63) is 53.2 Å². The number of rotatable bonds is 4. The van der Waals surface area contributed by atoms with Crippen molar-refractivity contribution < 1.29 is 4.74 Å². The van der Waals surface area contributed by atoms with E-state index in [0.29, 0.717) is 17.4 Å². The van der Waals surface area contributed by atoms with E-state index in [1.54, 1.807) is 6.20 Å². The first-order chi connectivity index (χ1) is 9.50. The molecule has 1 heterocycles. The highest BCUT2D eigenvalue weighted by molar-refractivity contribution is 5.98. The number of para-hydroxylation sites is 1. The Morgan fingerprint density at radius 2 is 1.95 bits per heavy atom. The predicted octanol–water partition coefficient (Wildman–Crippen LogP) is 3.59. The van der Waals surface area contributed by atoms with Crippen molar-refractivity contribution in [2.45, 2.75) is 26.7 Å². The second kappa shape index (κ2) is 5.74. The molecule has 3 N–H and O–H groups in total. The molecule has 0 unspecified atom stereocenters. The van der Waals surface area contributed by atoms with E-state index in [0.717, 1.165) is 16.9 Å². The van der Waals surface area contributed by atoms with Gasteiger partial charge in [-0.25, -0.2) is 4.98 Å². The summed E-state index contributed by atoms with van der Waals surface area (Å²) in [5, 5.41) is 7.68. The quantitative estimate of drug-likeness (QED) is 0.658. The normalized spacial score (nSPS) is 10.6. The van der Waals surface area contributed by atoms with Gasteiger partial charge in [-0.1, -0.05) is 32.0 Å². The van der Waals surface area contributed by atoms with Crippen LogP contribution in [-0.2, 0) is 0 Å². The molecule has 0 amide bonds. The van der Waals surface area contributed by atoms with E-state index >= 15 is 0 Å². The highest BCUT2D eigenvalue weighted by Gasteiger charge is 2.14. The Bertz CT molecular complexity index is 635. The zero-order chi connectivity index (χ0) is 14.7. The first-order valence-electron chi connectivity index (χ1n) is 6.57. The van der Waals surface area contributed by atoms with Crippen LogP contribution in [0, 0.1) is 12.3 Å². The third kappa shape index (κ3) is 2.79. The maximum Gasteiger partial charge on any atom is 0.230 e. The van der Waals surface area contributed by atoms with Crippen LogP contribution in [0.2, 0.25) is 0 Å². The van der Waals surface area contributed by atoms with Gasteiger partial charge in [0.2, 0.25) is 5.88 Å². The summed E-state index contributed by atoms with van der Waals surface area (Å²) in [6, 6.07) is 9.66. The van der Waals surface area contributed by atoms with Crippen LogP contribution >= 0.6 is 0 Å². The molecule has 1 aromatic carbocycles. The number of pyridine rings is 1. The van der Waals surface area contributed by atoms with E-state index in [4.69, 9.17) is 15.9 Å². The number of hydrogen-bond acceptors (Lipinski definition) is 3. The van der Waals surface area contributed by atoms with Gasteiger partial charge in [-0.2, -0.15) is 0 Å². The Morgan fingerprint density at radius 1 is 1.25 bits per heavy atom. The standard InChI is InChI=1S/C16H19N3O/c1-10(2)12-6-4-5-7-13(12)20-16-14(15(17)18)11(3)8-9-19-16/h4-10H,1-3H3,(H3,17,18). The van der Waals surface area contributed by atoms with Crippen LogP contribution in [0.15, 0.2) is 36.5 Å². The maximum absolute atomic E-state index is 7.68. The molecule has 4 nitrogen and oxygen atoms in total. The van der Waals surface area contributed by atoms with Crippen molar-refractivity contribution in [1.29, 1.82) is 5.41 Å². The fraction of sp³-hybridized carbons (Fsp3) is 0.250. The highest BCUT2D eigenvalue weighted by atomic mass is 16.5. The molecule has 2 rings (SSSR count).